The summed E-state index contributed by atoms with van der Waals surface area (Å²) < 4.78 is 26.7. The van der Waals surface area contributed by atoms with Crippen molar-refractivity contribution < 1.29 is 23.5 Å². The Kier molecular flexibility index (Phi) is 8.27. The molecular weight excluding hydrogens is 551 g/mol. The molecule has 0 spiro atoms. The van der Waals surface area contributed by atoms with Gasteiger partial charge >= 0.3 is 0 Å². The van der Waals surface area contributed by atoms with Crippen molar-refractivity contribution in [2.45, 2.75) is 32.4 Å². The number of nitrogens with zero attached hydrogens (tertiary/aromatic N) is 4. The molecule has 2 aliphatic rings. The van der Waals surface area contributed by atoms with Crippen LogP contribution in [0.1, 0.15) is 46.0 Å². The molecule has 216 valence electrons. The van der Waals surface area contributed by atoms with Gasteiger partial charge in [0.05, 0.1) is 30.1 Å². The van der Waals surface area contributed by atoms with Gasteiger partial charge in [-0.15, -0.1) is 0 Å². The number of rotatable bonds is 8. The molecule has 0 bridgehead atoms. The molecule has 10 nitrogen and oxygen atoms in total. The zero-order valence-corrected chi connectivity index (χ0v) is 24.1. The molecule has 2 aromatic carbocycles. The van der Waals surface area contributed by atoms with Crippen molar-refractivity contribution in [1.29, 1.82) is 0 Å². The molecule has 1 aromatic heterocycles. The number of carbonyl (C=O) groups excluding carboxylic acids is 2. The maximum absolute atomic E-state index is 15.3. The molecule has 1 saturated heterocycles. The van der Waals surface area contributed by atoms with E-state index < -0.39 is 11.7 Å². The zero-order valence-electron chi connectivity index (χ0n) is 23.3. The van der Waals surface area contributed by atoms with Crippen molar-refractivity contribution in [3.05, 3.63) is 64.1 Å². The second-order valence-electron chi connectivity index (χ2n) is 10.4. The van der Waals surface area contributed by atoms with Gasteiger partial charge in [0.1, 0.15) is 22.3 Å². The van der Waals surface area contributed by atoms with Crippen molar-refractivity contribution in [2.24, 2.45) is 5.92 Å². The molecule has 1 fully saturated rings. The van der Waals surface area contributed by atoms with Crippen LogP contribution in [0.2, 0.25) is 5.02 Å². The number of halogens is 2. The molecular formula is C29H32ClFN6O4. The average Bonchev–Trinajstić information content (AvgIpc) is 3.25. The standard InChI is InChI=1S/C29H32ClFN6O4/c1-5-16-14-36(2)10-9-21(16)33-26(38)18-11-24(40-4)22(12-20(18)31)34-29-32-13-19(30)27(35-29)41-23-8-6-7-17-15-37(3)28(39)25(17)23/h6-8,11-13,16,21H,5,9-10,14-15H2,1-4H3,(H,33,38)(H,32,34,35)/t16-,21+/m0/s1. The van der Waals surface area contributed by atoms with Gasteiger partial charge in [0.2, 0.25) is 11.8 Å². The number of nitrogens with one attached hydrogen (secondary N) is 2. The van der Waals surface area contributed by atoms with E-state index in [0.717, 1.165) is 37.6 Å². The van der Waals surface area contributed by atoms with Crippen molar-refractivity contribution in [2.75, 3.05) is 39.6 Å². The van der Waals surface area contributed by atoms with Gasteiger partial charge in [-0.2, -0.15) is 4.98 Å². The fourth-order valence-electron chi connectivity index (χ4n) is 5.32. The molecule has 2 atom stereocenters. The Morgan fingerprint density at radius 2 is 2.05 bits per heavy atom. The smallest absolute Gasteiger partial charge is 0.258 e. The maximum atomic E-state index is 15.3. The highest BCUT2D eigenvalue weighted by atomic mass is 35.5. The molecule has 0 saturated carbocycles. The van der Waals surface area contributed by atoms with Crippen LogP contribution in [-0.4, -0.2) is 71.9 Å². The highest BCUT2D eigenvalue weighted by Crippen LogP contribution is 2.36. The first-order valence-corrected chi connectivity index (χ1v) is 13.8. The highest BCUT2D eigenvalue weighted by molar-refractivity contribution is 6.31. The first-order valence-electron chi connectivity index (χ1n) is 13.4. The molecule has 3 heterocycles. The first-order chi connectivity index (χ1) is 19.7. The summed E-state index contributed by atoms with van der Waals surface area (Å²) in [6.07, 6.45) is 3.05. The van der Waals surface area contributed by atoms with Gasteiger partial charge in [0.25, 0.3) is 11.8 Å². The van der Waals surface area contributed by atoms with Crippen LogP contribution in [0, 0.1) is 11.7 Å². The Hall–Kier alpha value is -3.96. The molecule has 2 N–H and O–H groups in total. The summed E-state index contributed by atoms with van der Waals surface area (Å²) in [4.78, 5) is 38.0. The Balaban J connectivity index is 1.36. The molecule has 41 heavy (non-hydrogen) atoms. The maximum Gasteiger partial charge on any atom is 0.258 e. The van der Waals surface area contributed by atoms with Crippen LogP contribution in [-0.2, 0) is 6.54 Å². The lowest BCUT2D eigenvalue weighted by atomic mass is 9.90. The summed E-state index contributed by atoms with van der Waals surface area (Å²) in [5.74, 6) is -0.484. The molecule has 2 amide bonds. The highest BCUT2D eigenvalue weighted by Gasteiger charge is 2.30. The minimum Gasteiger partial charge on any atom is -0.495 e. The number of carbonyl (C=O) groups is 2. The number of piperidine rings is 1. The lowest BCUT2D eigenvalue weighted by Gasteiger charge is -2.36. The van der Waals surface area contributed by atoms with E-state index in [2.05, 4.69) is 39.5 Å². The van der Waals surface area contributed by atoms with E-state index in [1.54, 1.807) is 24.1 Å². The normalized spacial score (nSPS) is 18.7. The molecule has 0 radical (unpaired) electrons. The Morgan fingerprint density at radius 3 is 2.80 bits per heavy atom. The molecule has 0 aliphatic carbocycles. The third-order valence-corrected chi connectivity index (χ3v) is 7.82. The summed E-state index contributed by atoms with van der Waals surface area (Å²) in [7, 11) is 5.19. The van der Waals surface area contributed by atoms with E-state index in [9.17, 15) is 9.59 Å². The van der Waals surface area contributed by atoms with Crippen molar-refractivity contribution >= 4 is 35.1 Å². The summed E-state index contributed by atoms with van der Waals surface area (Å²) in [6, 6.07) is 7.79. The van der Waals surface area contributed by atoms with E-state index in [1.807, 2.05) is 6.07 Å². The minimum atomic E-state index is -0.723. The van der Waals surface area contributed by atoms with Crippen LogP contribution in [0.15, 0.2) is 36.5 Å². The van der Waals surface area contributed by atoms with Crippen molar-refractivity contribution in [1.82, 2.24) is 25.1 Å². The third-order valence-electron chi connectivity index (χ3n) is 7.56. The summed E-state index contributed by atoms with van der Waals surface area (Å²) in [6.45, 7) is 4.31. The number of amides is 2. The topological polar surface area (TPSA) is 109 Å². The van der Waals surface area contributed by atoms with E-state index in [-0.39, 0.29) is 51.7 Å². The molecule has 2 aliphatic heterocycles. The molecule has 0 unspecified atom stereocenters. The number of hydrogen-bond donors (Lipinski definition) is 2. The predicted molar refractivity (Wildman–Crippen MR) is 153 cm³/mol. The van der Waals surface area contributed by atoms with Gasteiger partial charge in [0.15, 0.2) is 0 Å². The fourth-order valence-corrected chi connectivity index (χ4v) is 5.45. The van der Waals surface area contributed by atoms with Crippen LogP contribution < -0.4 is 20.1 Å². The fraction of sp³-hybridized carbons (Fsp3) is 0.379. The summed E-state index contributed by atoms with van der Waals surface area (Å²) in [5, 5.41) is 6.05. The molecule has 12 heteroatoms. The molecule has 5 rings (SSSR count). The molecule has 3 aromatic rings. The Morgan fingerprint density at radius 1 is 1.24 bits per heavy atom. The lowest BCUT2D eigenvalue weighted by Crippen LogP contribution is -2.49. The van der Waals surface area contributed by atoms with Gasteiger partial charge in [-0.3, -0.25) is 9.59 Å². The predicted octanol–water partition coefficient (Wildman–Crippen LogP) is 4.86. The monoisotopic (exact) mass is 582 g/mol. The number of anilines is 2. The number of hydrogen-bond acceptors (Lipinski definition) is 8. The van der Waals surface area contributed by atoms with Crippen molar-refractivity contribution in [3.8, 4) is 17.4 Å². The van der Waals surface area contributed by atoms with E-state index >= 15 is 4.39 Å². The van der Waals surface area contributed by atoms with Gasteiger partial charge in [0, 0.05) is 32.2 Å². The van der Waals surface area contributed by atoms with E-state index in [4.69, 9.17) is 21.1 Å². The summed E-state index contributed by atoms with van der Waals surface area (Å²) >= 11 is 6.31. The van der Waals surface area contributed by atoms with Crippen LogP contribution in [0.5, 0.6) is 17.4 Å². The van der Waals surface area contributed by atoms with Gasteiger partial charge in [-0.05, 0) is 43.6 Å². The lowest BCUT2D eigenvalue weighted by molar-refractivity contribution is 0.0813. The van der Waals surface area contributed by atoms with E-state index in [0.29, 0.717) is 17.9 Å². The number of likely N-dealkylation sites (tertiary alicyclic amines) is 1. The second-order valence-corrected chi connectivity index (χ2v) is 10.8. The zero-order chi connectivity index (χ0) is 29.3. The first kappa shape index (κ1) is 28.6. The van der Waals surface area contributed by atoms with Crippen LogP contribution in [0.3, 0.4) is 0 Å². The Labute approximate surface area is 242 Å². The number of methoxy groups -OCH3 is 1. The summed E-state index contributed by atoms with van der Waals surface area (Å²) in [5.41, 5.74) is 1.37. The van der Waals surface area contributed by atoms with Gasteiger partial charge in [-0.25, -0.2) is 9.37 Å². The number of ether oxygens (including phenoxy) is 2. The van der Waals surface area contributed by atoms with E-state index in [1.165, 1.54) is 19.4 Å². The van der Waals surface area contributed by atoms with Crippen LogP contribution in [0.25, 0.3) is 0 Å². The minimum absolute atomic E-state index is 0.0129. The SMILES string of the molecule is CC[C@H]1CN(C)CC[C@H]1NC(=O)c1cc(OC)c(Nc2ncc(Cl)c(Oc3cccc4c3C(=O)N(C)C4)n2)cc1F. The largest absolute Gasteiger partial charge is 0.495 e. The van der Waals surface area contributed by atoms with Crippen LogP contribution in [0.4, 0.5) is 16.0 Å². The Bertz CT molecular complexity index is 1490. The number of aromatic nitrogens is 2. The third kappa shape index (κ3) is 5.91. The number of fused-ring (bicyclic) bond motifs is 1. The van der Waals surface area contributed by atoms with Gasteiger partial charge < -0.3 is 29.9 Å². The number of benzene rings is 2. The van der Waals surface area contributed by atoms with Crippen LogP contribution >= 0.6 is 11.6 Å². The van der Waals surface area contributed by atoms with Gasteiger partial charge in [-0.1, -0.05) is 37.1 Å². The quantitative estimate of drug-likeness (QED) is 0.388. The van der Waals surface area contributed by atoms with Crippen molar-refractivity contribution in [3.63, 3.8) is 0 Å². The average molecular weight is 583 g/mol. The second kappa shape index (κ2) is 11.9.